The number of benzene rings is 1. The SMILES string of the molecule is O=C(Nc1nn[nH]n1)c1ccc(Br)c(S(=O)(=O)N2CCOCC2)c1. The zero-order chi connectivity index (χ0) is 17.2. The second-order valence-electron chi connectivity index (χ2n) is 4.85. The van der Waals surface area contributed by atoms with Gasteiger partial charge in [0, 0.05) is 23.1 Å². The van der Waals surface area contributed by atoms with Crippen molar-refractivity contribution in [2.24, 2.45) is 0 Å². The zero-order valence-corrected chi connectivity index (χ0v) is 14.7. The number of sulfonamides is 1. The molecule has 1 fully saturated rings. The van der Waals surface area contributed by atoms with Gasteiger partial charge in [-0.05, 0) is 39.3 Å². The Morgan fingerprint density at radius 1 is 1.33 bits per heavy atom. The Hall–Kier alpha value is -1.89. The van der Waals surface area contributed by atoms with Crippen LogP contribution >= 0.6 is 15.9 Å². The fourth-order valence-corrected chi connectivity index (χ4v) is 4.52. The number of anilines is 1. The van der Waals surface area contributed by atoms with E-state index in [1.54, 1.807) is 0 Å². The Labute approximate surface area is 145 Å². The summed E-state index contributed by atoms with van der Waals surface area (Å²) in [5, 5.41) is 15.2. The lowest BCUT2D eigenvalue weighted by atomic mass is 10.2. The van der Waals surface area contributed by atoms with Gasteiger partial charge in [0.05, 0.1) is 18.1 Å². The molecular weight excluding hydrogens is 404 g/mol. The number of carbonyl (C=O) groups excluding carboxylic acids is 1. The van der Waals surface area contributed by atoms with Crippen molar-refractivity contribution >= 4 is 37.8 Å². The fraction of sp³-hybridized carbons (Fsp3) is 0.333. The normalized spacial score (nSPS) is 16.0. The van der Waals surface area contributed by atoms with Crippen LogP contribution in [0.1, 0.15) is 10.4 Å². The van der Waals surface area contributed by atoms with Crippen LogP contribution in [0, 0.1) is 0 Å². The molecule has 24 heavy (non-hydrogen) atoms. The third-order valence-electron chi connectivity index (χ3n) is 3.35. The largest absolute Gasteiger partial charge is 0.379 e. The highest BCUT2D eigenvalue weighted by atomic mass is 79.9. The molecule has 1 aliphatic heterocycles. The van der Waals surface area contributed by atoms with E-state index in [4.69, 9.17) is 4.74 Å². The summed E-state index contributed by atoms with van der Waals surface area (Å²) in [4.78, 5) is 12.2. The Bertz CT molecular complexity index is 835. The van der Waals surface area contributed by atoms with E-state index in [1.165, 1.54) is 22.5 Å². The van der Waals surface area contributed by atoms with Crippen LogP contribution in [0.5, 0.6) is 0 Å². The molecule has 1 aromatic heterocycles. The molecule has 2 N–H and O–H groups in total. The number of morpholine rings is 1. The first kappa shape index (κ1) is 17.0. The molecule has 0 unspecified atom stereocenters. The molecule has 128 valence electrons. The Morgan fingerprint density at radius 3 is 2.75 bits per heavy atom. The lowest BCUT2D eigenvalue weighted by Gasteiger charge is -2.26. The van der Waals surface area contributed by atoms with Gasteiger partial charge in [0.25, 0.3) is 11.9 Å². The summed E-state index contributed by atoms with van der Waals surface area (Å²) >= 11 is 3.23. The first-order valence-electron chi connectivity index (χ1n) is 6.91. The van der Waals surface area contributed by atoms with E-state index in [9.17, 15) is 13.2 Å². The molecule has 0 atom stereocenters. The number of hydrogen-bond acceptors (Lipinski definition) is 7. The van der Waals surface area contributed by atoms with E-state index in [2.05, 4.69) is 41.9 Å². The molecular formula is C12H13BrN6O4S. The molecule has 0 aliphatic carbocycles. The second-order valence-corrected chi connectivity index (χ2v) is 7.61. The second kappa shape index (κ2) is 6.93. The number of halogens is 1. The number of hydrogen-bond donors (Lipinski definition) is 2. The van der Waals surface area contributed by atoms with Gasteiger partial charge in [0.1, 0.15) is 0 Å². The van der Waals surface area contributed by atoms with E-state index in [0.717, 1.165) is 0 Å². The maximum Gasteiger partial charge on any atom is 0.270 e. The number of ether oxygens (including phenoxy) is 1. The quantitative estimate of drug-likeness (QED) is 0.729. The highest BCUT2D eigenvalue weighted by Crippen LogP contribution is 2.27. The van der Waals surface area contributed by atoms with Crippen LogP contribution in [0.4, 0.5) is 5.95 Å². The monoisotopic (exact) mass is 416 g/mol. The number of nitrogens with one attached hydrogen (secondary N) is 2. The van der Waals surface area contributed by atoms with Crippen molar-refractivity contribution < 1.29 is 17.9 Å². The van der Waals surface area contributed by atoms with Crippen molar-refractivity contribution in [3.63, 3.8) is 0 Å². The molecule has 0 radical (unpaired) electrons. The van der Waals surface area contributed by atoms with E-state index in [-0.39, 0.29) is 29.5 Å². The predicted octanol–water partition coefficient (Wildman–Crippen LogP) is 0.235. The van der Waals surface area contributed by atoms with Gasteiger partial charge in [-0.15, -0.1) is 5.10 Å². The smallest absolute Gasteiger partial charge is 0.270 e. The summed E-state index contributed by atoms with van der Waals surface area (Å²) in [7, 11) is -3.73. The van der Waals surface area contributed by atoms with Crippen LogP contribution in [0.15, 0.2) is 27.6 Å². The summed E-state index contributed by atoms with van der Waals surface area (Å²) < 4.78 is 32.4. The van der Waals surface area contributed by atoms with Gasteiger partial charge < -0.3 is 4.74 Å². The number of carbonyl (C=O) groups is 1. The lowest BCUT2D eigenvalue weighted by Crippen LogP contribution is -2.40. The molecule has 0 saturated carbocycles. The number of rotatable bonds is 4. The van der Waals surface area contributed by atoms with Crippen molar-refractivity contribution in [2.45, 2.75) is 4.90 Å². The first-order chi connectivity index (χ1) is 11.5. The van der Waals surface area contributed by atoms with Gasteiger partial charge in [-0.1, -0.05) is 5.10 Å². The lowest BCUT2D eigenvalue weighted by molar-refractivity contribution is 0.0730. The highest BCUT2D eigenvalue weighted by molar-refractivity contribution is 9.10. The summed E-state index contributed by atoms with van der Waals surface area (Å²) in [6.07, 6.45) is 0. The Balaban J connectivity index is 1.89. The first-order valence-corrected chi connectivity index (χ1v) is 9.14. The topological polar surface area (TPSA) is 130 Å². The average Bonchev–Trinajstić information content (AvgIpc) is 3.09. The van der Waals surface area contributed by atoms with Crippen molar-refractivity contribution in [1.82, 2.24) is 24.9 Å². The maximum atomic E-state index is 12.8. The summed E-state index contributed by atoms with van der Waals surface area (Å²) in [6, 6.07) is 4.32. The van der Waals surface area contributed by atoms with Crippen LogP contribution in [-0.2, 0) is 14.8 Å². The minimum Gasteiger partial charge on any atom is -0.379 e. The van der Waals surface area contributed by atoms with Gasteiger partial charge >= 0.3 is 0 Å². The molecule has 0 spiro atoms. The van der Waals surface area contributed by atoms with Crippen molar-refractivity contribution in [2.75, 3.05) is 31.6 Å². The van der Waals surface area contributed by atoms with Crippen LogP contribution in [-0.4, -0.2) is 65.6 Å². The van der Waals surface area contributed by atoms with Gasteiger partial charge in [-0.2, -0.15) is 9.52 Å². The predicted molar refractivity (Wildman–Crippen MR) is 85.9 cm³/mol. The van der Waals surface area contributed by atoms with Crippen molar-refractivity contribution in [3.8, 4) is 0 Å². The van der Waals surface area contributed by atoms with Crippen LogP contribution in [0.25, 0.3) is 0 Å². The minimum atomic E-state index is -3.73. The van der Waals surface area contributed by atoms with Crippen LogP contribution in [0.3, 0.4) is 0 Å². The molecule has 3 rings (SSSR count). The van der Waals surface area contributed by atoms with E-state index in [0.29, 0.717) is 17.7 Å². The minimum absolute atomic E-state index is 0.000468. The molecule has 0 bridgehead atoms. The maximum absolute atomic E-state index is 12.8. The van der Waals surface area contributed by atoms with E-state index >= 15 is 0 Å². The molecule has 12 heteroatoms. The van der Waals surface area contributed by atoms with Crippen LogP contribution < -0.4 is 5.32 Å². The van der Waals surface area contributed by atoms with Gasteiger partial charge in [-0.25, -0.2) is 8.42 Å². The molecule has 1 aliphatic rings. The molecule has 1 aromatic carbocycles. The summed E-state index contributed by atoms with van der Waals surface area (Å²) in [6.45, 7) is 1.23. The number of tetrazole rings is 1. The summed E-state index contributed by atoms with van der Waals surface area (Å²) in [5.74, 6) is -0.539. The number of amides is 1. The van der Waals surface area contributed by atoms with Crippen LogP contribution in [0.2, 0.25) is 0 Å². The van der Waals surface area contributed by atoms with E-state index in [1.807, 2.05) is 0 Å². The van der Waals surface area contributed by atoms with Gasteiger partial charge in [0.2, 0.25) is 10.0 Å². The molecule has 10 nitrogen and oxygen atoms in total. The average molecular weight is 417 g/mol. The van der Waals surface area contributed by atoms with Crippen molar-refractivity contribution in [3.05, 3.63) is 28.2 Å². The van der Waals surface area contributed by atoms with Crippen molar-refractivity contribution in [1.29, 1.82) is 0 Å². The Kier molecular flexibility index (Phi) is 4.89. The highest BCUT2D eigenvalue weighted by Gasteiger charge is 2.29. The van der Waals surface area contributed by atoms with E-state index < -0.39 is 15.9 Å². The number of H-pyrrole nitrogens is 1. The third-order valence-corrected chi connectivity index (χ3v) is 6.24. The standard InChI is InChI=1S/C12H13BrN6O4S/c13-9-2-1-8(11(20)14-12-15-17-18-16-12)7-10(9)24(21,22)19-3-5-23-6-4-19/h1-2,7H,3-6H2,(H2,14,15,16,17,18,20). The fourth-order valence-electron chi connectivity index (χ4n) is 2.16. The summed E-state index contributed by atoms with van der Waals surface area (Å²) in [5.41, 5.74) is 0.162. The Morgan fingerprint density at radius 2 is 2.08 bits per heavy atom. The van der Waals surface area contributed by atoms with Gasteiger partial charge in [-0.3, -0.25) is 10.1 Å². The van der Waals surface area contributed by atoms with Gasteiger partial charge in [0.15, 0.2) is 0 Å². The third kappa shape index (κ3) is 3.45. The number of nitrogens with zero attached hydrogens (tertiary/aromatic N) is 4. The zero-order valence-electron chi connectivity index (χ0n) is 12.3. The molecule has 2 aromatic rings. The molecule has 1 saturated heterocycles. The number of aromatic nitrogens is 4. The molecule has 2 heterocycles. The number of aromatic amines is 1. The molecule has 1 amide bonds.